The molecule has 4 rings (SSSR count). The minimum absolute atomic E-state index is 0.166. The summed E-state index contributed by atoms with van der Waals surface area (Å²) < 4.78 is 31.2. The van der Waals surface area contributed by atoms with Crippen LogP contribution in [0.4, 0.5) is 15.8 Å². The zero-order valence-corrected chi connectivity index (χ0v) is 21.4. The maximum Gasteiger partial charge on any atom is 0.308 e. The lowest BCUT2D eigenvalue weighted by atomic mass is 9.85. The molecule has 7 heteroatoms. The number of carbonyl (C=O) groups excluding carboxylic acids is 1. The number of anilines is 2. The highest BCUT2D eigenvalue weighted by Gasteiger charge is 2.28. The van der Waals surface area contributed by atoms with Gasteiger partial charge < -0.3 is 25.3 Å². The van der Waals surface area contributed by atoms with E-state index in [1.54, 1.807) is 12.1 Å². The van der Waals surface area contributed by atoms with Crippen molar-refractivity contribution in [2.24, 2.45) is 0 Å². The average Bonchev–Trinajstić information content (AvgIpc) is 2.79. The van der Waals surface area contributed by atoms with E-state index in [0.717, 1.165) is 33.5 Å². The second-order valence-corrected chi connectivity index (χ2v) is 9.55. The van der Waals surface area contributed by atoms with Crippen LogP contribution in [0.5, 0.6) is 17.2 Å². The molecule has 1 aliphatic rings. The summed E-state index contributed by atoms with van der Waals surface area (Å²) in [6.45, 7) is 9.63. The lowest BCUT2D eigenvalue weighted by molar-refractivity contribution is -0.131. The third-order valence-electron chi connectivity index (χ3n) is 6.15. The summed E-state index contributed by atoms with van der Waals surface area (Å²) >= 11 is 0. The molecular weight excluding hydrogens is 459 g/mol. The number of hydrogen-bond donors (Lipinski definition) is 2. The molecule has 0 atom stereocenters. The number of carbonyl (C=O) groups is 1. The highest BCUT2D eigenvalue weighted by molar-refractivity contribution is 5.90. The molecule has 6 nitrogen and oxygen atoms in total. The molecule has 0 bridgehead atoms. The van der Waals surface area contributed by atoms with E-state index in [0.29, 0.717) is 17.1 Å². The summed E-state index contributed by atoms with van der Waals surface area (Å²) in [5.41, 5.74) is 12.5. The van der Waals surface area contributed by atoms with Gasteiger partial charge in [0.15, 0.2) is 11.5 Å². The van der Waals surface area contributed by atoms with E-state index < -0.39 is 5.97 Å². The van der Waals surface area contributed by atoms with Crippen LogP contribution in [0.2, 0.25) is 0 Å². The Labute approximate surface area is 210 Å². The normalized spacial score (nSPS) is 13.8. The van der Waals surface area contributed by atoms with Crippen molar-refractivity contribution in [3.63, 3.8) is 0 Å². The minimum atomic E-state index is -0.502. The predicted molar refractivity (Wildman–Crippen MR) is 141 cm³/mol. The van der Waals surface area contributed by atoms with E-state index in [2.05, 4.69) is 32.2 Å². The maximum atomic E-state index is 14.0. The monoisotopic (exact) mass is 490 g/mol. The molecule has 0 spiro atoms. The number of halogens is 1. The smallest absolute Gasteiger partial charge is 0.308 e. The molecule has 0 saturated heterocycles. The molecule has 1 aliphatic heterocycles. The van der Waals surface area contributed by atoms with E-state index in [9.17, 15) is 9.18 Å². The average molecular weight is 491 g/mol. The van der Waals surface area contributed by atoms with E-state index >= 15 is 0 Å². The van der Waals surface area contributed by atoms with Gasteiger partial charge in [-0.15, -0.1) is 0 Å². The highest BCUT2D eigenvalue weighted by atomic mass is 19.1. The fraction of sp³-hybridized carbons (Fsp3) is 0.276. The number of nitrogens with two attached hydrogens (primary N) is 1. The van der Waals surface area contributed by atoms with Crippen molar-refractivity contribution < 1.29 is 23.4 Å². The predicted octanol–water partition coefficient (Wildman–Crippen LogP) is 6.50. The zero-order valence-electron chi connectivity index (χ0n) is 21.4. The topological polar surface area (TPSA) is 82.8 Å². The second-order valence-electron chi connectivity index (χ2n) is 9.55. The van der Waals surface area contributed by atoms with Crippen LogP contribution in [0.1, 0.15) is 44.4 Å². The Hall–Kier alpha value is -4.00. The zero-order chi connectivity index (χ0) is 26.2. The summed E-state index contributed by atoms with van der Waals surface area (Å²) in [5.74, 6) is 0.113. The first-order chi connectivity index (χ1) is 17.0. The van der Waals surface area contributed by atoms with Gasteiger partial charge in [0.05, 0.1) is 18.3 Å². The number of allylic oxidation sites excluding steroid dienone is 1. The number of nitrogen functional groups attached to an aromatic ring is 1. The molecule has 0 aliphatic carbocycles. The van der Waals surface area contributed by atoms with Crippen molar-refractivity contribution in [3.8, 4) is 28.4 Å². The molecule has 0 fully saturated rings. The Morgan fingerprint density at radius 2 is 1.78 bits per heavy atom. The number of esters is 1. The molecule has 1 heterocycles. The first-order valence-corrected chi connectivity index (χ1v) is 11.7. The number of rotatable bonds is 6. The Balaban J connectivity index is 1.92. The lowest BCUT2D eigenvalue weighted by Gasteiger charge is -2.33. The summed E-state index contributed by atoms with van der Waals surface area (Å²) in [6.07, 6.45) is 2.17. The largest absolute Gasteiger partial charge is 0.492 e. The first-order valence-electron chi connectivity index (χ1n) is 11.7. The third-order valence-corrected chi connectivity index (χ3v) is 6.15. The summed E-state index contributed by atoms with van der Waals surface area (Å²) in [5, 5.41) is 3.57. The van der Waals surface area contributed by atoms with Crippen LogP contribution in [-0.4, -0.2) is 18.6 Å². The number of fused-ring (bicyclic) bond motifs is 1. The van der Waals surface area contributed by atoms with Crippen LogP contribution in [-0.2, 0) is 11.4 Å². The van der Waals surface area contributed by atoms with Gasteiger partial charge in [0.25, 0.3) is 0 Å². The molecule has 3 N–H and O–H groups in total. The van der Waals surface area contributed by atoms with Crippen molar-refractivity contribution >= 4 is 22.9 Å². The van der Waals surface area contributed by atoms with Crippen molar-refractivity contribution in [2.75, 3.05) is 18.2 Å². The Morgan fingerprint density at radius 1 is 1.06 bits per heavy atom. The van der Waals surface area contributed by atoms with Crippen LogP contribution in [0.15, 0.2) is 48.5 Å². The minimum Gasteiger partial charge on any atom is -0.492 e. The van der Waals surface area contributed by atoms with Gasteiger partial charge in [-0.3, -0.25) is 4.79 Å². The van der Waals surface area contributed by atoms with Crippen molar-refractivity contribution in [2.45, 2.75) is 46.8 Å². The van der Waals surface area contributed by atoms with Gasteiger partial charge in [0.1, 0.15) is 18.2 Å². The number of benzene rings is 3. The SMILES string of the molecule is COc1c(-c2ccc3c(c2COc2cc(F)ccc2C)C(C)=CC(C)(C)N3)ccc(N)c1OC(C)=O. The van der Waals surface area contributed by atoms with E-state index in [1.165, 1.54) is 26.2 Å². The quantitative estimate of drug-likeness (QED) is 0.233. The van der Waals surface area contributed by atoms with Gasteiger partial charge in [0.2, 0.25) is 0 Å². The van der Waals surface area contributed by atoms with Gasteiger partial charge in [0, 0.05) is 35.4 Å². The van der Waals surface area contributed by atoms with Crippen LogP contribution < -0.4 is 25.3 Å². The summed E-state index contributed by atoms with van der Waals surface area (Å²) in [4.78, 5) is 11.8. The number of aryl methyl sites for hydroxylation is 1. The van der Waals surface area contributed by atoms with Gasteiger partial charge in [-0.05, 0) is 68.7 Å². The van der Waals surface area contributed by atoms with Gasteiger partial charge in [-0.25, -0.2) is 4.39 Å². The third kappa shape index (κ3) is 4.87. The number of ether oxygens (including phenoxy) is 3. The Morgan fingerprint density at radius 3 is 2.47 bits per heavy atom. The first kappa shape index (κ1) is 25.1. The van der Waals surface area contributed by atoms with Crippen molar-refractivity contribution in [1.29, 1.82) is 0 Å². The highest BCUT2D eigenvalue weighted by Crippen LogP contribution is 2.47. The Bertz CT molecular complexity index is 1380. The number of hydrogen-bond acceptors (Lipinski definition) is 6. The van der Waals surface area contributed by atoms with Gasteiger partial charge in [-0.2, -0.15) is 0 Å². The van der Waals surface area contributed by atoms with E-state index in [1.807, 2.05) is 25.1 Å². The van der Waals surface area contributed by atoms with Crippen LogP contribution in [0, 0.1) is 12.7 Å². The summed E-state index contributed by atoms with van der Waals surface area (Å²) in [7, 11) is 1.51. The van der Waals surface area contributed by atoms with Crippen molar-refractivity contribution in [1.82, 2.24) is 0 Å². The molecule has 0 radical (unpaired) electrons. The molecule has 188 valence electrons. The van der Waals surface area contributed by atoms with Crippen LogP contribution in [0.3, 0.4) is 0 Å². The number of methoxy groups -OCH3 is 1. The fourth-order valence-electron chi connectivity index (χ4n) is 4.72. The standard InChI is InChI=1S/C29H31FN2O4/c1-16-7-8-19(30)13-25(16)35-15-22-20(10-12-24-26(22)17(2)14-29(4,5)32-24)21-9-11-23(31)28(27(21)34-6)36-18(3)33/h7-14,32H,15,31H2,1-6H3. The molecule has 0 amide bonds. The molecule has 0 saturated carbocycles. The molecule has 36 heavy (non-hydrogen) atoms. The van der Waals surface area contributed by atoms with Gasteiger partial charge in [-0.1, -0.05) is 18.2 Å². The molecule has 0 unspecified atom stereocenters. The summed E-state index contributed by atoms with van der Waals surface area (Å²) in [6, 6.07) is 12.0. The Kier molecular flexibility index (Phi) is 6.67. The van der Waals surface area contributed by atoms with Crippen LogP contribution in [0.25, 0.3) is 16.7 Å². The molecule has 3 aromatic rings. The van der Waals surface area contributed by atoms with Crippen LogP contribution >= 0.6 is 0 Å². The lowest BCUT2D eigenvalue weighted by Crippen LogP contribution is -2.32. The van der Waals surface area contributed by atoms with E-state index in [-0.39, 0.29) is 29.4 Å². The number of nitrogens with one attached hydrogen (secondary N) is 1. The molecule has 3 aromatic carbocycles. The fourth-order valence-corrected chi connectivity index (χ4v) is 4.72. The maximum absolute atomic E-state index is 14.0. The van der Waals surface area contributed by atoms with Crippen molar-refractivity contribution in [3.05, 3.63) is 71.0 Å². The second kappa shape index (κ2) is 9.57. The van der Waals surface area contributed by atoms with Gasteiger partial charge >= 0.3 is 5.97 Å². The molecular formula is C29H31FN2O4. The molecule has 0 aromatic heterocycles. The van der Waals surface area contributed by atoms with E-state index in [4.69, 9.17) is 19.9 Å².